The van der Waals surface area contributed by atoms with Crippen molar-refractivity contribution < 1.29 is 9.53 Å². The van der Waals surface area contributed by atoms with Gasteiger partial charge in [-0.3, -0.25) is 4.79 Å². The maximum Gasteiger partial charge on any atom is 0.187 e. The number of hydrogen-bond acceptors (Lipinski definition) is 3. The molecule has 3 nitrogen and oxygen atoms in total. The Morgan fingerprint density at radius 3 is 2.41 bits per heavy atom. The largest absolute Gasteiger partial charge is 0.497 e. The van der Waals surface area contributed by atoms with Crippen LogP contribution in [0.15, 0.2) is 54.2 Å². The van der Waals surface area contributed by atoms with Crippen LogP contribution in [0.1, 0.15) is 28.4 Å². The molecule has 0 heterocycles. The molecular formula is C19H21NO2. The standard InChI is InChI=1S/C19H21NO2/c1-13-6-5-7-18(15(13)3)20-14(2)12-19(21)16-8-10-17(22-4)11-9-16/h5-12,20H,1-4H3. The number of carbonyl (C=O) groups excluding carboxylic acids is 1. The summed E-state index contributed by atoms with van der Waals surface area (Å²) in [6, 6.07) is 13.2. The average molecular weight is 295 g/mol. The second-order valence-corrected chi connectivity index (χ2v) is 5.29. The van der Waals surface area contributed by atoms with Crippen LogP contribution in [-0.2, 0) is 0 Å². The van der Waals surface area contributed by atoms with Crippen molar-refractivity contribution >= 4 is 11.5 Å². The molecule has 114 valence electrons. The van der Waals surface area contributed by atoms with Gasteiger partial charge in [-0.2, -0.15) is 0 Å². The Labute approximate surface area is 131 Å². The number of aryl methyl sites for hydroxylation is 1. The Balaban J connectivity index is 2.13. The zero-order valence-electron chi connectivity index (χ0n) is 13.4. The van der Waals surface area contributed by atoms with Gasteiger partial charge in [-0.1, -0.05) is 12.1 Å². The quantitative estimate of drug-likeness (QED) is 0.651. The van der Waals surface area contributed by atoms with Crippen LogP contribution < -0.4 is 10.1 Å². The molecule has 2 rings (SSSR count). The number of hydrogen-bond donors (Lipinski definition) is 1. The third-order valence-corrected chi connectivity index (χ3v) is 3.66. The topological polar surface area (TPSA) is 38.3 Å². The highest BCUT2D eigenvalue weighted by Crippen LogP contribution is 2.20. The van der Waals surface area contributed by atoms with Gasteiger partial charge in [0, 0.05) is 23.0 Å². The van der Waals surface area contributed by atoms with E-state index in [9.17, 15) is 4.79 Å². The molecule has 0 aliphatic carbocycles. The Kier molecular flexibility index (Phi) is 4.99. The van der Waals surface area contributed by atoms with Gasteiger partial charge in [-0.15, -0.1) is 0 Å². The van der Waals surface area contributed by atoms with Crippen molar-refractivity contribution in [2.24, 2.45) is 0 Å². The molecule has 0 aromatic heterocycles. The second kappa shape index (κ2) is 6.94. The van der Waals surface area contributed by atoms with Gasteiger partial charge in [-0.05, 0) is 62.2 Å². The van der Waals surface area contributed by atoms with Gasteiger partial charge >= 0.3 is 0 Å². The van der Waals surface area contributed by atoms with Gasteiger partial charge in [0.25, 0.3) is 0 Å². The van der Waals surface area contributed by atoms with Crippen molar-refractivity contribution in [3.63, 3.8) is 0 Å². The van der Waals surface area contributed by atoms with Crippen LogP contribution in [0.25, 0.3) is 0 Å². The van der Waals surface area contributed by atoms with E-state index in [1.807, 2.05) is 19.1 Å². The summed E-state index contributed by atoms with van der Waals surface area (Å²) in [4.78, 5) is 12.2. The number of benzene rings is 2. The number of nitrogens with one attached hydrogen (secondary N) is 1. The van der Waals surface area contributed by atoms with E-state index in [0.29, 0.717) is 5.56 Å². The number of allylic oxidation sites excluding steroid dienone is 2. The van der Waals surface area contributed by atoms with E-state index in [4.69, 9.17) is 4.74 Å². The van der Waals surface area contributed by atoms with E-state index in [0.717, 1.165) is 17.1 Å². The second-order valence-electron chi connectivity index (χ2n) is 5.29. The van der Waals surface area contributed by atoms with Gasteiger partial charge in [-0.25, -0.2) is 0 Å². The fourth-order valence-corrected chi connectivity index (χ4v) is 2.17. The molecule has 0 fully saturated rings. The monoisotopic (exact) mass is 295 g/mol. The third-order valence-electron chi connectivity index (χ3n) is 3.66. The molecule has 2 aromatic rings. The zero-order chi connectivity index (χ0) is 16.1. The van der Waals surface area contributed by atoms with Crippen molar-refractivity contribution in [3.05, 3.63) is 70.9 Å². The number of anilines is 1. The van der Waals surface area contributed by atoms with Gasteiger partial charge in [0.1, 0.15) is 5.75 Å². The normalized spacial score (nSPS) is 11.2. The number of methoxy groups -OCH3 is 1. The average Bonchev–Trinajstić information content (AvgIpc) is 2.52. The minimum Gasteiger partial charge on any atom is -0.497 e. The molecule has 2 aromatic carbocycles. The van der Waals surface area contributed by atoms with E-state index >= 15 is 0 Å². The predicted molar refractivity (Wildman–Crippen MR) is 90.6 cm³/mol. The summed E-state index contributed by atoms with van der Waals surface area (Å²) in [5, 5.41) is 3.29. The van der Waals surface area contributed by atoms with Crippen LogP contribution >= 0.6 is 0 Å². The molecule has 0 aliphatic heterocycles. The van der Waals surface area contributed by atoms with Crippen molar-refractivity contribution in [2.45, 2.75) is 20.8 Å². The number of ether oxygens (including phenoxy) is 1. The molecule has 0 saturated heterocycles. The first-order valence-corrected chi connectivity index (χ1v) is 7.21. The Morgan fingerprint density at radius 2 is 1.77 bits per heavy atom. The lowest BCUT2D eigenvalue weighted by atomic mass is 10.1. The first kappa shape index (κ1) is 15.8. The van der Waals surface area contributed by atoms with Crippen molar-refractivity contribution in [1.29, 1.82) is 0 Å². The number of rotatable bonds is 5. The first-order valence-electron chi connectivity index (χ1n) is 7.21. The zero-order valence-corrected chi connectivity index (χ0v) is 13.4. The molecule has 0 aliphatic rings. The predicted octanol–water partition coefficient (Wildman–Crippen LogP) is 4.51. The summed E-state index contributed by atoms with van der Waals surface area (Å²) in [6.07, 6.45) is 1.61. The molecule has 0 amide bonds. The van der Waals surface area contributed by atoms with Crippen molar-refractivity contribution in [1.82, 2.24) is 0 Å². The lowest BCUT2D eigenvalue weighted by Gasteiger charge is -2.11. The van der Waals surface area contributed by atoms with Gasteiger partial charge < -0.3 is 10.1 Å². The fourth-order valence-electron chi connectivity index (χ4n) is 2.17. The van der Waals surface area contributed by atoms with E-state index < -0.39 is 0 Å². The minimum absolute atomic E-state index is 0.0297. The minimum atomic E-state index is -0.0297. The summed E-state index contributed by atoms with van der Waals surface area (Å²) in [6.45, 7) is 6.03. The fraction of sp³-hybridized carbons (Fsp3) is 0.211. The van der Waals surface area contributed by atoms with E-state index in [2.05, 4.69) is 25.2 Å². The van der Waals surface area contributed by atoms with Crippen LogP contribution in [0.3, 0.4) is 0 Å². The molecule has 22 heavy (non-hydrogen) atoms. The smallest absolute Gasteiger partial charge is 0.187 e. The van der Waals surface area contributed by atoms with Crippen LogP contribution in [-0.4, -0.2) is 12.9 Å². The lowest BCUT2D eigenvalue weighted by molar-refractivity contribution is 0.104. The molecule has 0 unspecified atom stereocenters. The molecule has 1 N–H and O–H groups in total. The van der Waals surface area contributed by atoms with Gasteiger partial charge in [0.15, 0.2) is 5.78 Å². The molecule has 3 heteroatoms. The van der Waals surface area contributed by atoms with Crippen molar-refractivity contribution in [2.75, 3.05) is 12.4 Å². The van der Waals surface area contributed by atoms with E-state index in [-0.39, 0.29) is 5.78 Å². The Morgan fingerprint density at radius 1 is 1.09 bits per heavy atom. The highest BCUT2D eigenvalue weighted by molar-refractivity contribution is 6.05. The van der Waals surface area contributed by atoms with Crippen LogP contribution in [0, 0.1) is 13.8 Å². The number of ketones is 1. The summed E-state index contributed by atoms with van der Waals surface area (Å²) in [5.74, 6) is 0.712. The summed E-state index contributed by atoms with van der Waals surface area (Å²) in [7, 11) is 1.61. The summed E-state index contributed by atoms with van der Waals surface area (Å²) in [5.41, 5.74) is 4.89. The molecular weight excluding hydrogens is 274 g/mol. The van der Waals surface area contributed by atoms with E-state index in [1.165, 1.54) is 11.1 Å². The molecule has 0 saturated carbocycles. The highest BCUT2D eigenvalue weighted by Gasteiger charge is 2.05. The Bertz CT molecular complexity index is 700. The molecule has 0 radical (unpaired) electrons. The van der Waals surface area contributed by atoms with Gasteiger partial charge in [0.2, 0.25) is 0 Å². The van der Waals surface area contributed by atoms with Gasteiger partial charge in [0.05, 0.1) is 7.11 Å². The maximum atomic E-state index is 12.2. The molecule has 0 bridgehead atoms. The maximum absolute atomic E-state index is 12.2. The molecule has 0 atom stereocenters. The Hall–Kier alpha value is -2.55. The van der Waals surface area contributed by atoms with Crippen molar-refractivity contribution in [3.8, 4) is 5.75 Å². The van der Waals surface area contributed by atoms with Crippen LogP contribution in [0.4, 0.5) is 5.69 Å². The third kappa shape index (κ3) is 3.76. The number of carbonyl (C=O) groups is 1. The highest BCUT2D eigenvalue weighted by atomic mass is 16.5. The van der Waals surface area contributed by atoms with Crippen LogP contribution in [0.5, 0.6) is 5.75 Å². The van der Waals surface area contributed by atoms with E-state index in [1.54, 1.807) is 37.5 Å². The lowest BCUT2D eigenvalue weighted by Crippen LogP contribution is -2.03. The SMILES string of the molecule is COc1ccc(C(=O)C=C(C)Nc2cccc(C)c2C)cc1. The molecule has 0 spiro atoms. The first-order chi connectivity index (χ1) is 10.5. The summed E-state index contributed by atoms with van der Waals surface area (Å²) >= 11 is 0. The van der Waals surface area contributed by atoms with Crippen LogP contribution in [0.2, 0.25) is 0 Å². The summed E-state index contributed by atoms with van der Waals surface area (Å²) < 4.78 is 5.09.